The van der Waals surface area contributed by atoms with E-state index >= 15 is 0 Å². The first-order valence-electron chi connectivity index (χ1n) is 5.94. The predicted octanol–water partition coefficient (Wildman–Crippen LogP) is 2.94. The molecule has 19 heavy (non-hydrogen) atoms. The number of fused-ring (bicyclic) bond motifs is 1. The molecule has 0 aromatic carbocycles. The second kappa shape index (κ2) is 6.85. The van der Waals surface area contributed by atoms with Gasteiger partial charge in [-0.15, -0.1) is 24.8 Å². The molecule has 0 unspecified atom stereocenters. The van der Waals surface area contributed by atoms with E-state index in [1.807, 2.05) is 25.4 Å². The van der Waals surface area contributed by atoms with Crippen molar-refractivity contribution in [1.82, 2.24) is 15.3 Å². The number of nitrogens with one attached hydrogen (secondary N) is 1. The molecular formula is C14H17Cl2N3. The summed E-state index contributed by atoms with van der Waals surface area (Å²) in [4.78, 5) is 8.87. The van der Waals surface area contributed by atoms with Crippen LogP contribution in [-0.4, -0.2) is 16.5 Å². The Morgan fingerprint density at radius 1 is 1.05 bits per heavy atom. The molecule has 0 spiro atoms. The Balaban J connectivity index is 0.000000902. The third-order valence-electron chi connectivity index (χ3n) is 3.16. The third kappa shape index (κ3) is 3.44. The lowest BCUT2D eigenvalue weighted by Crippen LogP contribution is -2.24. The lowest BCUT2D eigenvalue weighted by Gasteiger charge is -2.16. The Morgan fingerprint density at radius 3 is 2.58 bits per heavy atom. The van der Waals surface area contributed by atoms with Crippen LogP contribution in [0.5, 0.6) is 0 Å². The van der Waals surface area contributed by atoms with Crippen LogP contribution in [0.3, 0.4) is 0 Å². The van der Waals surface area contributed by atoms with Crippen molar-refractivity contribution < 1.29 is 0 Å². The molecule has 1 aliphatic heterocycles. The second-order valence-corrected chi connectivity index (χ2v) is 4.44. The zero-order valence-corrected chi connectivity index (χ0v) is 12.4. The summed E-state index contributed by atoms with van der Waals surface area (Å²) in [5.74, 6) is 0. The van der Waals surface area contributed by atoms with Crippen LogP contribution in [0, 0.1) is 6.92 Å². The standard InChI is InChI=1S/C14H15N3.2ClH/c1-10-2-3-11(8-16-10)12-6-13-7-15-5-4-14(13)17-9-12;;/h2-3,6,8-9,15H,4-5,7H2,1H3;2*1H. The van der Waals surface area contributed by atoms with Crippen molar-refractivity contribution in [2.45, 2.75) is 19.9 Å². The summed E-state index contributed by atoms with van der Waals surface area (Å²) in [6.45, 7) is 3.96. The fraction of sp³-hybridized carbons (Fsp3) is 0.286. The van der Waals surface area contributed by atoms with E-state index in [1.165, 1.54) is 11.3 Å². The lowest BCUT2D eigenvalue weighted by molar-refractivity contribution is 0.630. The van der Waals surface area contributed by atoms with Crippen molar-refractivity contribution >= 4 is 24.8 Å². The monoisotopic (exact) mass is 297 g/mol. The molecule has 2 aromatic heterocycles. The molecule has 102 valence electrons. The number of rotatable bonds is 1. The Bertz CT molecular complexity index is 541. The summed E-state index contributed by atoms with van der Waals surface area (Å²) in [5, 5.41) is 3.37. The SMILES string of the molecule is Cc1ccc(-c2cnc3c(c2)CNCC3)cn1.Cl.Cl. The average molecular weight is 298 g/mol. The fourth-order valence-electron chi connectivity index (χ4n) is 2.14. The van der Waals surface area contributed by atoms with Crippen LogP contribution in [0.1, 0.15) is 17.0 Å². The molecule has 3 heterocycles. The van der Waals surface area contributed by atoms with Gasteiger partial charge in [0.1, 0.15) is 0 Å². The van der Waals surface area contributed by atoms with Gasteiger partial charge in [-0.1, -0.05) is 6.07 Å². The number of nitrogens with zero attached hydrogens (tertiary/aromatic N) is 2. The molecule has 0 bridgehead atoms. The summed E-state index contributed by atoms with van der Waals surface area (Å²) in [6.07, 6.45) is 4.90. The molecule has 3 rings (SSSR count). The second-order valence-electron chi connectivity index (χ2n) is 4.44. The lowest BCUT2D eigenvalue weighted by atomic mass is 10.0. The van der Waals surface area contributed by atoms with Crippen molar-refractivity contribution in [3.8, 4) is 11.1 Å². The summed E-state index contributed by atoms with van der Waals surface area (Å²) in [6, 6.07) is 6.36. The first-order chi connectivity index (χ1) is 8.33. The van der Waals surface area contributed by atoms with E-state index in [0.29, 0.717) is 0 Å². The number of pyridine rings is 2. The van der Waals surface area contributed by atoms with Crippen LogP contribution < -0.4 is 5.32 Å². The van der Waals surface area contributed by atoms with Gasteiger partial charge in [0.2, 0.25) is 0 Å². The Morgan fingerprint density at radius 2 is 1.84 bits per heavy atom. The molecule has 2 aromatic rings. The van der Waals surface area contributed by atoms with Crippen molar-refractivity contribution in [1.29, 1.82) is 0 Å². The number of hydrogen-bond donors (Lipinski definition) is 1. The molecule has 0 amide bonds. The highest BCUT2D eigenvalue weighted by Crippen LogP contribution is 2.21. The minimum absolute atomic E-state index is 0. The van der Waals surface area contributed by atoms with E-state index in [2.05, 4.69) is 27.4 Å². The predicted molar refractivity (Wildman–Crippen MR) is 82.1 cm³/mol. The fourth-order valence-corrected chi connectivity index (χ4v) is 2.14. The topological polar surface area (TPSA) is 37.8 Å². The largest absolute Gasteiger partial charge is 0.312 e. The summed E-state index contributed by atoms with van der Waals surface area (Å²) < 4.78 is 0. The van der Waals surface area contributed by atoms with Gasteiger partial charge < -0.3 is 5.32 Å². The molecule has 0 fully saturated rings. The smallest absolute Gasteiger partial charge is 0.0461 e. The van der Waals surface area contributed by atoms with Crippen LogP contribution in [0.25, 0.3) is 11.1 Å². The number of aromatic nitrogens is 2. The van der Waals surface area contributed by atoms with Gasteiger partial charge in [0.05, 0.1) is 0 Å². The molecule has 0 saturated heterocycles. The van der Waals surface area contributed by atoms with Gasteiger partial charge in [-0.25, -0.2) is 0 Å². The van der Waals surface area contributed by atoms with Crippen LogP contribution in [-0.2, 0) is 13.0 Å². The van der Waals surface area contributed by atoms with E-state index in [0.717, 1.165) is 36.3 Å². The van der Waals surface area contributed by atoms with Crippen LogP contribution in [0.15, 0.2) is 30.6 Å². The summed E-state index contributed by atoms with van der Waals surface area (Å²) >= 11 is 0. The summed E-state index contributed by atoms with van der Waals surface area (Å²) in [5.41, 5.74) is 5.87. The van der Waals surface area contributed by atoms with Crippen LogP contribution in [0.2, 0.25) is 0 Å². The third-order valence-corrected chi connectivity index (χ3v) is 3.16. The van der Waals surface area contributed by atoms with Crippen LogP contribution >= 0.6 is 24.8 Å². The zero-order chi connectivity index (χ0) is 11.7. The van der Waals surface area contributed by atoms with Gasteiger partial charge >= 0.3 is 0 Å². The molecule has 0 saturated carbocycles. The summed E-state index contributed by atoms with van der Waals surface area (Å²) in [7, 11) is 0. The normalized spacial score (nSPS) is 12.9. The van der Waals surface area contributed by atoms with Crippen molar-refractivity contribution in [3.05, 3.63) is 47.5 Å². The highest BCUT2D eigenvalue weighted by atomic mass is 35.5. The van der Waals surface area contributed by atoms with Crippen molar-refractivity contribution in [2.24, 2.45) is 0 Å². The van der Waals surface area contributed by atoms with E-state index in [-0.39, 0.29) is 24.8 Å². The van der Waals surface area contributed by atoms with Crippen molar-refractivity contribution in [3.63, 3.8) is 0 Å². The van der Waals surface area contributed by atoms with Crippen LogP contribution in [0.4, 0.5) is 0 Å². The van der Waals surface area contributed by atoms with E-state index < -0.39 is 0 Å². The average Bonchev–Trinajstić information content (AvgIpc) is 2.39. The van der Waals surface area contributed by atoms with Gasteiger partial charge in [-0.2, -0.15) is 0 Å². The molecule has 0 atom stereocenters. The molecule has 1 aliphatic rings. The maximum atomic E-state index is 4.55. The van der Waals surface area contributed by atoms with E-state index in [4.69, 9.17) is 0 Å². The number of halogens is 2. The molecule has 5 heteroatoms. The molecule has 0 radical (unpaired) electrons. The Hall–Kier alpha value is -1.16. The maximum Gasteiger partial charge on any atom is 0.0461 e. The van der Waals surface area contributed by atoms with Crippen molar-refractivity contribution in [2.75, 3.05) is 6.54 Å². The van der Waals surface area contributed by atoms with Gasteiger partial charge in [0.25, 0.3) is 0 Å². The highest BCUT2D eigenvalue weighted by Gasteiger charge is 2.10. The maximum absolute atomic E-state index is 4.55. The zero-order valence-electron chi connectivity index (χ0n) is 10.7. The van der Waals surface area contributed by atoms with E-state index in [9.17, 15) is 0 Å². The Labute approximate surface area is 125 Å². The van der Waals surface area contributed by atoms with Gasteiger partial charge in [-0.3, -0.25) is 9.97 Å². The molecule has 1 N–H and O–H groups in total. The first-order valence-corrected chi connectivity index (χ1v) is 5.94. The van der Waals surface area contributed by atoms with Gasteiger partial charge in [-0.05, 0) is 24.6 Å². The number of aryl methyl sites for hydroxylation is 1. The quantitative estimate of drug-likeness (QED) is 0.879. The highest BCUT2D eigenvalue weighted by molar-refractivity contribution is 5.85. The van der Waals surface area contributed by atoms with Gasteiger partial charge in [0, 0.05) is 54.4 Å². The minimum Gasteiger partial charge on any atom is -0.312 e. The molecular weight excluding hydrogens is 281 g/mol. The minimum atomic E-state index is 0. The molecule has 0 aliphatic carbocycles. The molecule has 3 nitrogen and oxygen atoms in total. The van der Waals surface area contributed by atoms with E-state index in [1.54, 1.807) is 0 Å². The Kier molecular flexibility index (Phi) is 5.73. The first kappa shape index (κ1) is 15.9. The van der Waals surface area contributed by atoms with Gasteiger partial charge in [0.15, 0.2) is 0 Å². The number of hydrogen-bond acceptors (Lipinski definition) is 3.